The Bertz CT molecular complexity index is 734. The molecular formula is C12H12ClN3O3. The lowest BCUT2D eigenvalue weighted by molar-refractivity contribution is 0.406. The first-order chi connectivity index (χ1) is 8.91. The van der Waals surface area contributed by atoms with Gasteiger partial charge in [-0.05, 0) is 17.7 Å². The Morgan fingerprint density at radius 1 is 1.32 bits per heavy atom. The summed E-state index contributed by atoms with van der Waals surface area (Å²) >= 11 is 5.86. The van der Waals surface area contributed by atoms with Crippen molar-refractivity contribution in [3.8, 4) is 17.0 Å². The van der Waals surface area contributed by atoms with Gasteiger partial charge in [0.25, 0.3) is 5.56 Å². The number of halogens is 1. The van der Waals surface area contributed by atoms with Crippen molar-refractivity contribution in [2.45, 2.75) is 0 Å². The molecule has 0 saturated carbocycles. The lowest BCUT2D eigenvalue weighted by Gasteiger charge is -2.18. The fourth-order valence-electron chi connectivity index (χ4n) is 1.79. The van der Waals surface area contributed by atoms with Gasteiger partial charge in [0.2, 0.25) is 5.88 Å². The van der Waals surface area contributed by atoms with Gasteiger partial charge in [0.05, 0.1) is 0 Å². The molecule has 2 N–H and O–H groups in total. The zero-order valence-corrected chi connectivity index (χ0v) is 11.1. The van der Waals surface area contributed by atoms with E-state index in [-0.39, 0.29) is 5.56 Å². The van der Waals surface area contributed by atoms with Crippen LogP contribution in [-0.4, -0.2) is 28.9 Å². The van der Waals surface area contributed by atoms with E-state index < -0.39 is 17.1 Å². The van der Waals surface area contributed by atoms with Crippen LogP contribution in [0.25, 0.3) is 11.1 Å². The summed E-state index contributed by atoms with van der Waals surface area (Å²) < 4.78 is 0.956. The first-order valence-corrected chi connectivity index (χ1v) is 5.81. The molecule has 1 aromatic carbocycles. The molecule has 100 valence electrons. The van der Waals surface area contributed by atoms with Crippen LogP contribution in [0, 0.1) is 0 Å². The number of hydrogen-bond acceptors (Lipinski definition) is 4. The van der Waals surface area contributed by atoms with Crippen LogP contribution in [0.1, 0.15) is 0 Å². The Balaban J connectivity index is 2.81. The Morgan fingerprint density at radius 3 is 2.58 bits per heavy atom. The molecule has 0 radical (unpaired) electrons. The number of aromatic amines is 1. The lowest BCUT2D eigenvalue weighted by Crippen LogP contribution is -2.40. The monoisotopic (exact) mass is 281 g/mol. The standard InChI is InChI=1S/C12H12ClN3O3/c1-15(2)16-11(18)9(10(17)14-12(16)19)7-4-3-5-8(13)6-7/h3-6,18H,1-2H3,(H,14,17,19). The number of nitrogens with zero attached hydrogens (tertiary/aromatic N) is 2. The van der Waals surface area contributed by atoms with Gasteiger partial charge in [-0.15, -0.1) is 0 Å². The van der Waals surface area contributed by atoms with E-state index >= 15 is 0 Å². The molecule has 0 aliphatic heterocycles. The van der Waals surface area contributed by atoms with Crippen molar-refractivity contribution >= 4 is 11.6 Å². The topological polar surface area (TPSA) is 78.3 Å². The Hall–Kier alpha value is -2.21. The SMILES string of the molecule is CN(C)n1c(O)c(-c2cccc(Cl)c2)c(=O)[nH]c1=O. The van der Waals surface area contributed by atoms with Crippen molar-refractivity contribution in [3.63, 3.8) is 0 Å². The van der Waals surface area contributed by atoms with E-state index in [1.54, 1.807) is 32.3 Å². The maximum Gasteiger partial charge on any atom is 0.350 e. The van der Waals surface area contributed by atoms with Gasteiger partial charge >= 0.3 is 5.69 Å². The average Bonchev–Trinajstić information content (AvgIpc) is 2.27. The number of aromatic hydroxyl groups is 1. The maximum absolute atomic E-state index is 11.9. The van der Waals surface area contributed by atoms with Crippen molar-refractivity contribution < 1.29 is 5.11 Å². The summed E-state index contributed by atoms with van der Waals surface area (Å²) in [5.74, 6) is -0.430. The summed E-state index contributed by atoms with van der Waals surface area (Å²) in [6, 6.07) is 6.47. The van der Waals surface area contributed by atoms with Gasteiger partial charge in [0, 0.05) is 19.1 Å². The van der Waals surface area contributed by atoms with E-state index in [2.05, 4.69) is 4.98 Å². The normalized spacial score (nSPS) is 10.5. The molecule has 1 heterocycles. The highest BCUT2D eigenvalue weighted by Gasteiger charge is 2.17. The third-order valence-electron chi connectivity index (χ3n) is 2.58. The van der Waals surface area contributed by atoms with Crippen molar-refractivity contribution in [1.29, 1.82) is 0 Å². The van der Waals surface area contributed by atoms with Gasteiger partial charge in [-0.2, -0.15) is 4.68 Å². The molecule has 0 unspecified atom stereocenters. The van der Waals surface area contributed by atoms with E-state index in [1.807, 2.05) is 0 Å². The van der Waals surface area contributed by atoms with E-state index in [0.717, 1.165) is 4.68 Å². The second-order valence-electron chi connectivity index (χ2n) is 4.13. The van der Waals surface area contributed by atoms with Crippen LogP contribution in [0.4, 0.5) is 0 Å². The van der Waals surface area contributed by atoms with Gasteiger partial charge in [-0.1, -0.05) is 23.7 Å². The summed E-state index contributed by atoms with van der Waals surface area (Å²) in [6.07, 6.45) is 0. The highest BCUT2D eigenvalue weighted by molar-refractivity contribution is 6.30. The molecular weight excluding hydrogens is 270 g/mol. The molecule has 0 aliphatic rings. The van der Waals surface area contributed by atoms with E-state index in [4.69, 9.17) is 11.6 Å². The highest BCUT2D eigenvalue weighted by Crippen LogP contribution is 2.25. The Kier molecular flexibility index (Phi) is 3.35. The molecule has 6 nitrogen and oxygen atoms in total. The molecule has 2 aromatic rings. The summed E-state index contributed by atoms with van der Waals surface area (Å²) in [7, 11) is 3.14. The molecule has 1 aromatic heterocycles. The van der Waals surface area contributed by atoms with Crippen LogP contribution >= 0.6 is 11.6 Å². The van der Waals surface area contributed by atoms with Crippen molar-refractivity contribution in [2.24, 2.45) is 0 Å². The summed E-state index contributed by atoms with van der Waals surface area (Å²) in [5.41, 5.74) is -0.946. The number of rotatable bonds is 2. The van der Waals surface area contributed by atoms with Crippen LogP contribution in [0.2, 0.25) is 5.02 Å². The Morgan fingerprint density at radius 2 is 2.00 bits per heavy atom. The largest absolute Gasteiger partial charge is 0.493 e. The fourth-order valence-corrected chi connectivity index (χ4v) is 1.98. The Labute approximate surface area is 113 Å². The third-order valence-corrected chi connectivity index (χ3v) is 2.81. The molecule has 2 rings (SSSR count). The number of aromatic nitrogens is 2. The minimum atomic E-state index is -0.710. The molecule has 7 heteroatoms. The molecule has 0 fully saturated rings. The number of hydrogen-bond donors (Lipinski definition) is 2. The summed E-state index contributed by atoms with van der Waals surface area (Å²) in [4.78, 5) is 25.6. The highest BCUT2D eigenvalue weighted by atomic mass is 35.5. The zero-order chi connectivity index (χ0) is 14.2. The maximum atomic E-state index is 11.9. The fraction of sp³-hybridized carbons (Fsp3) is 0.167. The molecule has 19 heavy (non-hydrogen) atoms. The number of H-pyrrole nitrogens is 1. The first kappa shape index (κ1) is 13.2. The lowest BCUT2D eigenvalue weighted by atomic mass is 10.1. The van der Waals surface area contributed by atoms with Crippen LogP contribution in [0.15, 0.2) is 33.9 Å². The van der Waals surface area contributed by atoms with Crippen molar-refractivity contribution in [3.05, 3.63) is 50.1 Å². The minimum Gasteiger partial charge on any atom is -0.493 e. The zero-order valence-electron chi connectivity index (χ0n) is 10.3. The van der Waals surface area contributed by atoms with Crippen molar-refractivity contribution in [2.75, 3.05) is 19.1 Å². The average molecular weight is 282 g/mol. The third kappa shape index (κ3) is 2.34. The van der Waals surface area contributed by atoms with Crippen LogP contribution in [-0.2, 0) is 0 Å². The predicted octanol–water partition coefficient (Wildman–Crippen LogP) is 0.760. The molecule has 0 amide bonds. The van der Waals surface area contributed by atoms with Gasteiger partial charge in [-0.3, -0.25) is 9.78 Å². The number of benzene rings is 1. The minimum absolute atomic E-state index is 0.00389. The first-order valence-electron chi connectivity index (χ1n) is 5.43. The molecule has 0 spiro atoms. The van der Waals surface area contributed by atoms with E-state index in [9.17, 15) is 14.7 Å². The van der Waals surface area contributed by atoms with Crippen molar-refractivity contribution in [1.82, 2.24) is 9.66 Å². The van der Waals surface area contributed by atoms with Gasteiger partial charge in [0.1, 0.15) is 5.56 Å². The van der Waals surface area contributed by atoms with Crippen LogP contribution in [0.5, 0.6) is 5.88 Å². The summed E-state index contributed by atoms with van der Waals surface area (Å²) in [6.45, 7) is 0. The predicted molar refractivity (Wildman–Crippen MR) is 73.5 cm³/mol. The van der Waals surface area contributed by atoms with E-state index in [0.29, 0.717) is 10.6 Å². The van der Waals surface area contributed by atoms with Crippen LogP contribution in [0.3, 0.4) is 0 Å². The molecule has 0 atom stereocenters. The second kappa shape index (κ2) is 4.81. The molecule has 0 saturated heterocycles. The van der Waals surface area contributed by atoms with Gasteiger partial charge in [0.15, 0.2) is 0 Å². The number of nitrogens with one attached hydrogen (secondary N) is 1. The van der Waals surface area contributed by atoms with Gasteiger partial charge < -0.3 is 10.1 Å². The molecule has 0 bridgehead atoms. The smallest absolute Gasteiger partial charge is 0.350 e. The van der Waals surface area contributed by atoms with Gasteiger partial charge in [-0.25, -0.2) is 4.79 Å². The second-order valence-corrected chi connectivity index (χ2v) is 4.56. The summed E-state index contributed by atoms with van der Waals surface area (Å²) in [5, 5.41) is 11.9. The van der Waals surface area contributed by atoms with E-state index in [1.165, 1.54) is 11.1 Å². The molecule has 0 aliphatic carbocycles. The quantitative estimate of drug-likeness (QED) is 0.852. The van der Waals surface area contributed by atoms with Crippen LogP contribution < -0.4 is 16.3 Å².